The van der Waals surface area contributed by atoms with Crippen LogP contribution in [0.5, 0.6) is 0 Å². The quantitative estimate of drug-likeness (QED) is 0.850. The van der Waals surface area contributed by atoms with Gasteiger partial charge in [0.25, 0.3) is 0 Å². The minimum Gasteiger partial charge on any atom is -0.333 e. The molecule has 2 N–H and O–H groups in total. The van der Waals surface area contributed by atoms with Crippen molar-refractivity contribution in [3.05, 3.63) is 20.8 Å². The Labute approximate surface area is 138 Å². The smallest absolute Gasteiger partial charge is 0.321 e. The second-order valence-electron chi connectivity index (χ2n) is 6.02. The van der Waals surface area contributed by atoms with Crippen molar-refractivity contribution in [3.8, 4) is 0 Å². The van der Waals surface area contributed by atoms with Crippen LogP contribution in [0.15, 0.2) is 15.9 Å². The second kappa shape index (κ2) is 7.38. The summed E-state index contributed by atoms with van der Waals surface area (Å²) in [4.78, 5) is 26.8. The first kappa shape index (κ1) is 18.1. The Kier molecular flexibility index (Phi) is 6.37. The SMILES string of the molecule is C[C@@H](C(=O)NC(=O)NC(C)(C)C)N(C)Cc1cc(Br)cs1. The van der Waals surface area contributed by atoms with E-state index in [-0.39, 0.29) is 11.4 Å². The van der Waals surface area contributed by atoms with E-state index in [2.05, 4.69) is 26.6 Å². The summed E-state index contributed by atoms with van der Waals surface area (Å²) in [6.07, 6.45) is 0. The molecule has 0 unspecified atom stereocenters. The molecule has 0 saturated heterocycles. The standard InChI is InChI=1S/C14H22BrN3O2S/c1-9(12(19)16-13(20)17-14(2,3)4)18(5)7-11-6-10(15)8-21-11/h6,8-9H,7H2,1-5H3,(H2,16,17,19,20)/t9-/m0/s1. The molecule has 21 heavy (non-hydrogen) atoms. The fraction of sp³-hybridized carbons (Fsp3) is 0.571. The highest BCUT2D eigenvalue weighted by molar-refractivity contribution is 9.10. The maximum absolute atomic E-state index is 12.1. The van der Waals surface area contributed by atoms with Gasteiger partial charge in [-0.2, -0.15) is 0 Å². The zero-order valence-electron chi connectivity index (χ0n) is 13.0. The number of likely N-dealkylation sites (N-methyl/N-ethyl adjacent to an activating group) is 1. The van der Waals surface area contributed by atoms with Crippen LogP contribution in [-0.4, -0.2) is 35.5 Å². The summed E-state index contributed by atoms with van der Waals surface area (Å²) >= 11 is 5.04. The van der Waals surface area contributed by atoms with E-state index in [1.807, 2.05) is 44.2 Å². The number of carbonyl (C=O) groups excluding carboxylic acids is 2. The molecule has 3 amide bonds. The molecule has 0 bridgehead atoms. The number of nitrogens with zero attached hydrogens (tertiary/aromatic N) is 1. The Balaban J connectivity index is 2.51. The first-order valence-electron chi connectivity index (χ1n) is 6.64. The molecule has 1 atom stereocenters. The van der Waals surface area contributed by atoms with E-state index in [1.165, 1.54) is 0 Å². The highest BCUT2D eigenvalue weighted by Crippen LogP contribution is 2.21. The molecular weight excluding hydrogens is 354 g/mol. The molecule has 0 aliphatic rings. The zero-order chi connectivity index (χ0) is 16.2. The van der Waals surface area contributed by atoms with Crippen molar-refractivity contribution in [3.63, 3.8) is 0 Å². The maximum atomic E-state index is 12.1. The number of amides is 3. The molecule has 7 heteroatoms. The van der Waals surface area contributed by atoms with Gasteiger partial charge in [-0.15, -0.1) is 11.3 Å². The largest absolute Gasteiger partial charge is 0.333 e. The van der Waals surface area contributed by atoms with Gasteiger partial charge >= 0.3 is 6.03 Å². The zero-order valence-corrected chi connectivity index (χ0v) is 15.4. The van der Waals surface area contributed by atoms with E-state index in [0.29, 0.717) is 6.54 Å². The summed E-state index contributed by atoms with van der Waals surface area (Å²) in [5.41, 5.74) is -0.372. The predicted octanol–water partition coefficient (Wildman–Crippen LogP) is 2.96. The molecule has 118 valence electrons. The number of hydrogen-bond donors (Lipinski definition) is 2. The summed E-state index contributed by atoms with van der Waals surface area (Å²) in [6, 6.07) is 1.17. The van der Waals surface area contributed by atoms with E-state index in [4.69, 9.17) is 0 Å². The Hall–Kier alpha value is -0.920. The fourth-order valence-electron chi connectivity index (χ4n) is 1.61. The average Bonchev–Trinajstić information content (AvgIpc) is 2.70. The number of rotatable bonds is 4. The number of thiophene rings is 1. The molecule has 1 aromatic rings. The molecule has 0 fully saturated rings. The van der Waals surface area contributed by atoms with Crippen LogP contribution in [-0.2, 0) is 11.3 Å². The molecule has 0 aliphatic heterocycles. The molecule has 0 radical (unpaired) electrons. The molecule has 0 aromatic carbocycles. The third kappa shape index (κ3) is 6.58. The van der Waals surface area contributed by atoms with Gasteiger partial charge < -0.3 is 5.32 Å². The van der Waals surface area contributed by atoms with Gasteiger partial charge in [0, 0.05) is 26.8 Å². The van der Waals surface area contributed by atoms with Crippen LogP contribution in [0.25, 0.3) is 0 Å². The number of nitrogens with one attached hydrogen (secondary N) is 2. The number of carbonyl (C=O) groups is 2. The van der Waals surface area contributed by atoms with E-state index < -0.39 is 12.1 Å². The number of urea groups is 1. The third-order valence-corrected chi connectivity index (χ3v) is 4.48. The first-order valence-corrected chi connectivity index (χ1v) is 8.32. The molecule has 1 aromatic heterocycles. The van der Waals surface area contributed by atoms with Crippen LogP contribution < -0.4 is 10.6 Å². The van der Waals surface area contributed by atoms with Crippen molar-refractivity contribution in [2.45, 2.75) is 45.8 Å². The number of imide groups is 1. The third-order valence-electron chi connectivity index (χ3n) is 2.79. The van der Waals surface area contributed by atoms with E-state index in [1.54, 1.807) is 18.3 Å². The van der Waals surface area contributed by atoms with Crippen LogP contribution >= 0.6 is 27.3 Å². The molecule has 0 aliphatic carbocycles. The van der Waals surface area contributed by atoms with Crippen LogP contribution in [0.1, 0.15) is 32.6 Å². The molecule has 0 saturated carbocycles. The summed E-state index contributed by atoms with van der Waals surface area (Å²) in [7, 11) is 1.86. The molecule has 1 heterocycles. The van der Waals surface area contributed by atoms with Crippen LogP contribution in [0.3, 0.4) is 0 Å². The summed E-state index contributed by atoms with van der Waals surface area (Å²) < 4.78 is 1.04. The Morgan fingerprint density at radius 3 is 2.52 bits per heavy atom. The van der Waals surface area contributed by atoms with Crippen LogP contribution in [0.4, 0.5) is 4.79 Å². The number of halogens is 1. The van der Waals surface area contributed by atoms with Gasteiger partial charge in [0.05, 0.1) is 6.04 Å². The normalized spacial score (nSPS) is 13.1. The Morgan fingerprint density at radius 1 is 1.43 bits per heavy atom. The maximum Gasteiger partial charge on any atom is 0.321 e. The van der Waals surface area contributed by atoms with Crippen LogP contribution in [0.2, 0.25) is 0 Å². The van der Waals surface area contributed by atoms with Crippen molar-refractivity contribution in [2.24, 2.45) is 0 Å². The highest BCUT2D eigenvalue weighted by Gasteiger charge is 2.22. The van der Waals surface area contributed by atoms with E-state index in [9.17, 15) is 9.59 Å². The topological polar surface area (TPSA) is 61.4 Å². The Bertz CT molecular complexity index is 511. The van der Waals surface area contributed by atoms with E-state index in [0.717, 1.165) is 9.35 Å². The van der Waals surface area contributed by atoms with Crippen molar-refractivity contribution in [1.29, 1.82) is 0 Å². The van der Waals surface area contributed by atoms with Crippen molar-refractivity contribution in [1.82, 2.24) is 15.5 Å². The van der Waals surface area contributed by atoms with E-state index >= 15 is 0 Å². The predicted molar refractivity (Wildman–Crippen MR) is 89.4 cm³/mol. The summed E-state index contributed by atoms with van der Waals surface area (Å²) in [5.74, 6) is -0.310. The summed E-state index contributed by atoms with van der Waals surface area (Å²) in [6.45, 7) is 8.03. The number of hydrogen-bond acceptors (Lipinski definition) is 4. The lowest BCUT2D eigenvalue weighted by Gasteiger charge is -2.25. The van der Waals surface area contributed by atoms with Crippen molar-refractivity contribution < 1.29 is 9.59 Å². The summed E-state index contributed by atoms with van der Waals surface area (Å²) in [5, 5.41) is 7.08. The molecular formula is C14H22BrN3O2S. The van der Waals surface area contributed by atoms with Gasteiger partial charge in [0.2, 0.25) is 5.91 Å². The minimum atomic E-state index is -0.466. The van der Waals surface area contributed by atoms with Gasteiger partial charge in [-0.1, -0.05) is 0 Å². The molecule has 5 nitrogen and oxygen atoms in total. The second-order valence-corrected chi connectivity index (χ2v) is 7.93. The lowest BCUT2D eigenvalue weighted by atomic mass is 10.1. The first-order chi connectivity index (χ1) is 9.58. The van der Waals surface area contributed by atoms with Gasteiger partial charge in [0.15, 0.2) is 0 Å². The Morgan fingerprint density at radius 2 is 2.05 bits per heavy atom. The monoisotopic (exact) mass is 375 g/mol. The van der Waals surface area contributed by atoms with Gasteiger partial charge in [-0.3, -0.25) is 15.0 Å². The van der Waals surface area contributed by atoms with Gasteiger partial charge in [-0.05, 0) is 56.7 Å². The minimum absolute atomic E-state index is 0.310. The highest BCUT2D eigenvalue weighted by atomic mass is 79.9. The lowest BCUT2D eigenvalue weighted by molar-refractivity contribution is -0.124. The van der Waals surface area contributed by atoms with Gasteiger partial charge in [0.1, 0.15) is 0 Å². The van der Waals surface area contributed by atoms with Crippen molar-refractivity contribution in [2.75, 3.05) is 7.05 Å². The lowest BCUT2D eigenvalue weighted by Crippen LogP contribution is -2.52. The average molecular weight is 376 g/mol. The van der Waals surface area contributed by atoms with Gasteiger partial charge in [-0.25, -0.2) is 4.79 Å². The fourth-order valence-corrected chi connectivity index (χ4v) is 3.12. The van der Waals surface area contributed by atoms with Crippen LogP contribution in [0, 0.1) is 0 Å². The molecule has 0 spiro atoms. The molecule has 1 rings (SSSR count). The van der Waals surface area contributed by atoms with Crippen molar-refractivity contribution >= 4 is 39.2 Å².